The topological polar surface area (TPSA) is 49.4 Å². The quantitative estimate of drug-likeness (QED) is 0.709. The highest BCUT2D eigenvalue weighted by atomic mass is 19.1. The molecule has 0 bridgehead atoms. The molecule has 1 N–H and O–H groups in total. The van der Waals surface area contributed by atoms with Gasteiger partial charge in [0.25, 0.3) is 0 Å². The van der Waals surface area contributed by atoms with E-state index in [4.69, 9.17) is 0 Å². The molecule has 5 heteroatoms. The number of carbonyl (C=O) groups excluding carboxylic acids is 2. The number of nitrogens with zero attached hydrogens (tertiary/aromatic N) is 1. The van der Waals surface area contributed by atoms with E-state index in [-0.39, 0.29) is 24.1 Å². The van der Waals surface area contributed by atoms with Crippen LogP contribution in [0.1, 0.15) is 43.9 Å². The number of carbonyl (C=O) groups is 2. The minimum atomic E-state index is -0.261. The van der Waals surface area contributed by atoms with Gasteiger partial charge in [-0.25, -0.2) is 4.39 Å². The highest BCUT2D eigenvalue weighted by molar-refractivity contribution is 5.94. The Morgan fingerprint density at radius 1 is 0.964 bits per heavy atom. The number of hydrogen-bond donors (Lipinski definition) is 1. The number of halogens is 1. The van der Waals surface area contributed by atoms with Gasteiger partial charge in [-0.2, -0.15) is 0 Å². The summed E-state index contributed by atoms with van der Waals surface area (Å²) in [6.45, 7) is 6.34. The average molecular weight is 384 g/mol. The lowest BCUT2D eigenvalue weighted by Crippen LogP contribution is -2.35. The second-order valence-corrected chi connectivity index (χ2v) is 6.74. The molecule has 0 saturated carbocycles. The summed E-state index contributed by atoms with van der Waals surface area (Å²) in [5, 5.41) is 2.82. The van der Waals surface area contributed by atoms with E-state index < -0.39 is 0 Å². The van der Waals surface area contributed by atoms with Gasteiger partial charge in [0.1, 0.15) is 5.82 Å². The Balaban J connectivity index is 1.98. The molecule has 150 valence electrons. The van der Waals surface area contributed by atoms with E-state index in [0.29, 0.717) is 25.1 Å². The largest absolute Gasteiger partial charge is 0.356 e. The number of hydrogen-bond acceptors (Lipinski definition) is 2. The second-order valence-electron chi connectivity index (χ2n) is 6.74. The monoisotopic (exact) mass is 384 g/mol. The summed E-state index contributed by atoms with van der Waals surface area (Å²) in [5.41, 5.74) is 3.72. The summed E-state index contributed by atoms with van der Waals surface area (Å²) >= 11 is 0. The Labute approximate surface area is 166 Å². The van der Waals surface area contributed by atoms with Crippen molar-refractivity contribution >= 4 is 17.5 Å². The van der Waals surface area contributed by atoms with Crippen LogP contribution in [0.2, 0.25) is 0 Å². The lowest BCUT2D eigenvalue weighted by Gasteiger charge is -2.26. The summed E-state index contributed by atoms with van der Waals surface area (Å²) in [6.07, 6.45) is 2.29. The Morgan fingerprint density at radius 2 is 1.57 bits per heavy atom. The summed E-state index contributed by atoms with van der Waals surface area (Å²) in [6, 6.07) is 12.6. The molecule has 0 heterocycles. The predicted octanol–water partition coefficient (Wildman–Crippen LogP) is 4.05. The Bertz CT molecular complexity index is 798. The molecule has 2 rings (SSSR count). The molecule has 2 amide bonds. The Kier molecular flexibility index (Phi) is 8.18. The van der Waals surface area contributed by atoms with Crippen molar-refractivity contribution in [3.8, 4) is 0 Å². The number of anilines is 1. The standard InChI is InChI=1S/C23H29FN2O2/c1-4-18-10-8-11-19(5-2)23(18)26(17(3)27)16-14-22(28)25-15-13-20-9-6-7-12-21(20)24/h6-12H,4-5,13-16H2,1-3H3,(H,25,28). The summed E-state index contributed by atoms with van der Waals surface area (Å²) < 4.78 is 13.6. The molecule has 0 aliphatic rings. The van der Waals surface area contributed by atoms with E-state index in [0.717, 1.165) is 29.7 Å². The van der Waals surface area contributed by atoms with Crippen LogP contribution in [0.25, 0.3) is 0 Å². The third-order valence-electron chi connectivity index (χ3n) is 4.85. The van der Waals surface area contributed by atoms with Crippen LogP contribution >= 0.6 is 0 Å². The number of rotatable bonds is 9. The first-order chi connectivity index (χ1) is 13.5. The number of aryl methyl sites for hydroxylation is 2. The first-order valence-corrected chi connectivity index (χ1v) is 9.86. The fourth-order valence-electron chi connectivity index (χ4n) is 3.33. The van der Waals surface area contributed by atoms with Crippen molar-refractivity contribution in [3.63, 3.8) is 0 Å². The Hall–Kier alpha value is -2.69. The lowest BCUT2D eigenvalue weighted by molar-refractivity contribution is -0.121. The molecule has 2 aromatic rings. The van der Waals surface area contributed by atoms with Crippen LogP contribution < -0.4 is 10.2 Å². The fraction of sp³-hybridized carbons (Fsp3) is 0.391. The molecule has 4 nitrogen and oxygen atoms in total. The van der Waals surface area contributed by atoms with Crippen molar-refractivity contribution in [1.82, 2.24) is 5.32 Å². The van der Waals surface area contributed by atoms with Gasteiger partial charge < -0.3 is 10.2 Å². The zero-order valence-electron chi connectivity index (χ0n) is 16.9. The van der Waals surface area contributed by atoms with Gasteiger partial charge in [0.05, 0.1) is 0 Å². The van der Waals surface area contributed by atoms with Crippen molar-refractivity contribution in [2.75, 3.05) is 18.0 Å². The maximum Gasteiger partial charge on any atom is 0.223 e. The van der Waals surface area contributed by atoms with Crippen molar-refractivity contribution in [2.24, 2.45) is 0 Å². The van der Waals surface area contributed by atoms with E-state index in [9.17, 15) is 14.0 Å². The van der Waals surface area contributed by atoms with Crippen molar-refractivity contribution < 1.29 is 14.0 Å². The van der Waals surface area contributed by atoms with E-state index in [1.807, 2.05) is 18.2 Å². The van der Waals surface area contributed by atoms with E-state index in [1.54, 1.807) is 23.1 Å². The van der Waals surface area contributed by atoms with Gasteiger partial charge in [0.2, 0.25) is 11.8 Å². The van der Waals surface area contributed by atoms with Gasteiger partial charge in [-0.3, -0.25) is 9.59 Å². The number of nitrogens with one attached hydrogen (secondary N) is 1. The maximum absolute atomic E-state index is 13.6. The van der Waals surface area contributed by atoms with Gasteiger partial charge in [-0.1, -0.05) is 50.2 Å². The zero-order valence-corrected chi connectivity index (χ0v) is 16.9. The lowest BCUT2D eigenvalue weighted by atomic mass is 10.0. The Morgan fingerprint density at radius 3 is 2.14 bits per heavy atom. The van der Waals surface area contributed by atoms with Gasteiger partial charge in [-0.15, -0.1) is 0 Å². The molecule has 2 aromatic carbocycles. The van der Waals surface area contributed by atoms with Crippen molar-refractivity contribution in [3.05, 3.63) is 65.0 Å². The molecular formula is C23H29FN2O2. The molecule has 0 unspecified atom stereocenters. The number of para-hydroxylation sites is 1. The molecule has 0 spiro atoms. The summed E-state index contributed by atoms with van der Waals surface area (Å²) in [7, 11) is 0. The molecule has 0 aliphatic carbocycles. The number of amides is 2. The number of benzene rings is 2. The van der Waals surface area contributed by atoms with Gasteiger partial charge in [-0.05, 0) is 42.0 Å². The molecular weight excluding hydrogens is 355 g/mol. The van der Waals surface area contributed by atoms with Crippen LogP contribution in [0.3, 0.4) is 0 Å². The molecule has 28 heavy (non-hydrogen) atoms. The molecule has 0 atom stereocenters. The van der Waals surface area contributed by atoms with Gasteiger partial charge >= 0.3 is 0 Å². The van der Waals surface area contributed by atoms with Crippen molar-refractivity contribution in [1.29, 1.82) is 0 Å². The van der Waals surface area contributed by atoms with Crippen molar-refractivity contribution in [2.45, 2.75) is 46.5 Å². The average Bonchev–Trinajstić information content (AvgIpc) is 2.69. The van der Waals surface area contributed by atoms with Gasteiger partial charge in [0, 0.05) is 32.1 Å². The molecule has 0 fully saturated rings. The SMILES string of the molecule is CCc1cccc(CC)c1N(CCC(=O)NCCc1ccccc1F)C(C)=O. The van der Waals surface area contributed by atoms with Crippen LogP contribution in [0.5, 0.6) is 0 Å². The fourth-order valence-corrected chi connectivity index (χ4v) is 3.33. The zero-order chi connectivity index (χ0) is 20.5. The smallest absolute Gasteiger partial charge is 0.223 e. The van der Waals surface area contributed by atoms with Crippen LogP contribution in [-0.4, -0.2) is 24.9 Å². The summed E-state index contributed by atoms with van der Waals surface area (Å²) in [4.78, 5) is 26.2. The third-order valence-corrected chi connectivity index (χ3v) is 4.85. The normalized spacial score (nSPS) is 10.6. The highest BCUT2D eigenvalue weighted by Gasteiger charge is 2.19. The second kappa shape index (κ2) is 10.6. The third kappa shape index (κ3) is 5.65. The molecule has 0 aliphatic heterocycles. The highest BCUT2D eigenvalue weighted by Crippen LogP contribution is 2.27. The predicted molar refractivity (Wildman–Crippen MR) is 111 cm³/mol. The van der Waals surface area contributed by atoms with Gasteiger partial charge in [0.15, 0.2) is 0 Å². The summed E-state index contributed by atoms with van der Waals surface area (Å²) in [5.74, 6) is -0.479. The molecule has 0 aromatic heterocycles. The van der Waals surface area contributed by atoms with E-state index in [1.165, 1.54) is 13.0 Å². The molecule has 0 saturated heterocycles. The minimum Gasteiger partial charge on any atom is -0.356 e. The minimum absolute atomic E-state index is 0.0743. The van der Waals surface area contributed by atoms with E-state index in [2.05, 4.69) is 19.2 Å². The maximum atomic E-state index is 13.6. The first-order valence-electron chi connectivity index (χ1n) is 9.86. The molecule has 0 radical (unpaired) electrons. The van der Waals surface area contributed by atoms with Crippen LogP contribution in [-0.2, 0) is 28.9 Å². The van der Waals surface area contributed by atoms with E-state index >= 15 is 0 Å². The first kappa shape index (κ1) is 21.6. The van der Waals surface area contributed by atoms with Crippen LogP contribution in [0.15, 0.2) is 42.5 Å². The van der Waals surface area contributed by atoms with Crippen LogP contribution in [0.4, 0.5) is 10.1 Å². The van der Waals surface area contributed by atoms with Crippen LogP contribution in [0, 0.1) is 5.82 Å².